The minimum absolute atomic E-state index is 0.0388. The summed E-state index contributed by atoms with van der Waals surface area (Å²) in [5.41, 5.74) is 1.02. The van der Waals surface area contributed by atoms with Crippen LogP contribution in [0.2, 0.25) is 0 Å². The lowest BCUT2D eigenvalue weighted by atomic mass is 10.1. The zero-order valence-electron chi connectivity index (χ0n) is 16.8. The van der Waals surface area contributed by atoms with Gasteiger partial charge in [0.2, 0.25) is 11.6 Å². The molecule has 0 aliphatic carbocycles. The topological polar surface area (TPSA) is 129 Å². The first kappa shape index (κ1) is 22.2. The van der Waals surface area contributed by atoms with Crippen LogP contribution in [-0.2, 0) is 12.6 Å². The van der Waals surface area contributed by atoms with Crippen molar-refractivity contribution >= 4 is 17.7 Å². The molecule has 9 nitrogen and oxygen atoms in total. The number of thioether (sulfide) groups is 1. The molecule has 1 saturated heterocycles. The summed E-state index contributed by atoms with van der Waals surface area (Å²) in [6.07, 6.45) is 1.41. The number of nitrogens with zero attached hydrogens (tertiary/aromatic N) is 3. The lowest BCUT2D eigenvalue weighted by molar-refractivity contribution is -0.335. The number of ether oxygens (including phenoxy) is 1. The predicted molar refractivity (Wildman–Crippen MR) is 112 cm³/mol. The van der Waals surface area contributed by atoms with E-state index in [1.165, 1.54) is 36.5 Å². The van der Waals surface area contributed by atoms with Crippen LogP contribution in [0.4, 0.5) is 4.39 Å². The van der Waals surface area contributed by atoms with Gasteiger partial charge in [0.05, 0.1) is 11.1 Å². The highest BCUT2D eigenvalue weighted by molar-refractivity contribution is 7.99. The first-order chi connectivity index (χ1) is 15.3. The summed E-state index contributed by atoms with van der Waals surface area (Å²) >= 11 is 1.81. The van der Waals surface area contributed by atoms with Crippen molar-refractivity contribution in [2.45, 2.75) is 12.6 Å². The van der Waals surface area contributed by atoms with Crippen molar-refractivity contribution in [2.75, 3.05) is 24.6 Å². The predicted octanol–water partition coefficient (Wildman–Crippen LogP) is 1.73. The van der Waals surface area contributed by atoms with E-state index in [9.17, 15) is 24.5 Å². The average molecular weight is 461 g/mol. The van der Waals surface area contributed by atoms with Crippen molar-refractivity contribution in [1.29, 1.82) is 0 Å². The van der Waals surface area contributed by atoms with E-state index in [0.717, 1.165) is 11.5 Å². The Bertz CT molecular complexity index is 1080. The molecular weight excluding hydrogens is 441 g/mol. The number of carbonyl (C=O) groups excluding carboxylic acids is 1. The number of halogens is 1. The molecule has 4 rings (SSSR count). The molecule has 32 heavy (non-hydrogen) atoms. The summed E-state index contributed by atoms with van der Waals surface area (Å²) in [4.78, 5) is 18.5. The number of aromatic nitrogens is 2. The molecule has 3 heterocycles. The highest BCUT2D eigenvalue weighted by Gasteiger charge is 2.34. The Kier molecular flexibility index (Phi) is 6.42. The van der Waals surface area contributed by atoms with Gasteiger partial charge in [-0.1, -0.05) is 5.16 Å². The summed E-state index contributed by atoms with van der Waals surface area (Å²) in [6.45, 7) is 1.09. The molecule has 1 fully saturated rings. The van der Waals surface area contributed by atoms with Gasteiger partial charge < -0.3 is 29.5 Å². The highest BCUT2D eigenvalue weighted by Crippen LogP contribution is 2.31. The molecule has 168 valence electrons. The van der Waals surface area contributed by atoms with Gasteiger partial charge in [-0.2, -0.15) is 11.8 Å². The van der Waals surface area contributed by atoms with E-state index >= 15 is 0 Å². The normalized spacial score (nSPS) is 14.4. The van der Waals surface area contributed by atoms with E-state index in [1.54, 1.807) is 11.0 Å². The number of hydrogen-bond donors (Lipinski definition) is 3. The van der Waals surface area contributed by atoms with E-state index in [0.29, 0.717) is 24.2 Å². The third-order valence-electron chi connectivity index (χ3n) is 4.86. The van der Waals surface area contributed by atoms with Gasteiger partial charge in [0.25, 0.3) is 5.91 Å². The minimum Gasteiger partial charge on any atom is -0.473 e. The zero-order chi connectivity index (χ0) is 22.7. The van der Waals surface area contributed by atoms with Crippen LogP contribution in [0.5, 0.6) is 5.88 Å². The van der Waals surface area contributed by atoms with Crippen molar-refractivity contribution in [3.05, 3.63) is 65.3 Å². The maximum Gasteiger partial charge on any atom is 0.342 e. The molecule has 1 amide bonds. The quantitative estimate of drug-likeness (QED) is 0.470. The Morgan fingerprint density at radius 2 is 1.88 bits per heavy atom. The van der Waals surface area contributed by atoms with Gasteiger partial charge in [-0.3, -0.25) is 4.79 Å². The molecule has 11 heteroatoms. The van der Waals surface area contributed by atoms with Gasteiger partial charge in [-0.25, -0.2) is 9.37 Å². The molecule has 0 unspecified atom stereocenters. The molecule has 3 aromatic rings. The van der Waals surface area contributed by atoms with Crippen LogP contribution in [0.3, 0.4) is 0 Å². The third kappa shape index (κ3) is 4.91. The van der Waals surface area contributed by atoms with E-state index < -0.39 is 17.6 Å². The van der Waals surface area contributed by atoms with Gasteiger partial charge in [-0.15, -0.1) is 0 Å². The summed E-state index contributed by atoms with van der Waals surface area (Å²) < 4.78 is 23.8. The van der Waals surface area contributed by atoms with Gasteiger partial charge in [0.1, 0.15) is 18.1 Å². The van der Waals surface area contributed by atoms with E-state index in [2.05, 4.69) is 10.1 Å². The molecule has 2 aromatic heterocycles. The summed E-state index contributed by atoms with van der Waals surface area (Å²) in [5.74, 6) is -2.52. The average Bonchev–Trinajstić information content (AvgIpc) is 3.23. The smallest absolute Gasteiger partial charge is 0.342 e. The van der Waals surface area contributed by atoms with Crippen molar-refractivity contribution < 1.29 is 33.8 Å². The first-order valence-electron chi connectivity index (χ1n) is 9.71. The molecule has 1 aliphatic heterocycles. The number of amides is 1. The van der Waals surface area contributed by atoms with Crippen LogP contribution < -0.4 is 4.74 Å². The Labute approximate surface area is 186 Å². The SMILES string of the molecule is O=C(c1ccc(OCc2c(-c3ccc(F)cc3)noc2C(O)(O)O)nc1)N1CCSCC1. The fourth-order valence-electron chi connectivity index (χ4n) is 3.23. The molecule has 0 radical (unpaired) electrons. The van der Waals surface area contributed by atoms with Crippen molar-refractivity contribution in [3.8, 4) is 17.1 Å². The molecule has 1 aliphatic rings. The molecule has 0 atom stereocenters. The monoisotopic (exact) mass is 461 g/mol. The molecule has 3 N–H and O–H groups in total. The fraction of sp³-hybridized carbons (Fsp3) is 0.286. The summed E-state index contributed by atoms with van der Waals surface area (Å²) in [6, 6.07) is 8.36. The number of aliphatic hydroxyl groups is 3. The second-order valence-corrected chi connectivity index (χ2v) is 8.28. The van der Waals surface area contributed by atoms with E-state index in [-0.39, 0.29) is 29.7 Å². The minimum atomic E-state index is -3.29. The van der Waals surface area contributed by atoms with Crippen LogP contribution >= 0.6 is 11.8 Å². The Morgan fingerprint density at radius 1 is 1.16 bits per heavy atom. The highest BCUT2D eigenvalue weighted by atomic mass is 32.2. The van der Waals surface area contributed by atoms with Gasteiger partial charge in [0.15, 0.2) is 0 Å². The Hall–Kier alpha value is -2.99. The zero-order valence-corrected chi connectivity index (χ0v) is 17.6. The molecule has 1 aromatic carbocycles. The lowest BCUT2D eigenvalue weighted by Gasteiger charge is -2.26. The summed E-state index contributed by atoms with van der Waals surface area (Å²) in [5, 5.41) is 32.5. The second kappa shape index (κ2) is 9.25. The third-order valence-corrected chi connectivity index (χ3v) is 5.80. The van der Waals surface area contributed by atoms with Crippen molar-refractivity contribution in [2.24, 2.45) is 0 Å². The van der Waals surface area contributed by atoms with Crippen LogP contribution in [0, 0.1) is 5.82 Å². The maximum atomic E-state index is 13.3. The maximum absolute atomic E-state index is 13.3. The number of pyridine rings is 1. The number of carbonyl (C=O) groups is 1. The second-order valence-electron chi connectivity index (χ2n) is 7.06. The fourth-order valence-corrected chi connectivity index (χ4v) is 4.13. The lowest BCUT2D eigenvalue weighted by Crippen LogP contribution is -2.37. The first-order valence-corrected chi connectivity index (χ1v) is 10.9. The van der Waals surface area contributed by atoms with Crippen LogP contribution in [0.15, 0.2) is 47.1 Å². The number of rotatable bonds is 6. The van der Waals surface area contributed by atoms with E-state index in [1.807, 2.05) is 11.8 Å². The summed E-state index contributed by atoms with van der Waals surface area (Å²) in [7, 11) is 0. The number of benzene rings is 1. The van der Waals surface area contributed by atoms with E-state index in [4.69, 9.17) is 9.26 Å². The van der Waals surface area contributed by atoms with Crippen LogP contribution in [-0.4, -0.2) is 60.9 Å². The largest absolute Gasteiger partial charge is 0.473 e. The standard InChI is InChI=1S/C21H20FN3O6S/c22-15-4-1-13(2-5-15)18-16(19(31-24-18)21(27,28)29)12-30-17-6-3-14(11-23-17)20(26)25-7-9-32-10-8-25/h1-6,11,27-29H,7-10,12H2. The Balaban J connectivity index is 1.52. The number of hydrogen-bond acceptors (Lipinski definition) is 9. The van der Waals surface area contributed by atoms with Gasteiger partial charge >= 0.3 is 5.97 Å². The Morgan fingerprint density at radius 3 is 2.50 bits per heavy atom. The molecule has 0 spiro atoms. The molecule has 0 bridgehead atoms. The van der Waals surface area contributed by atoms with Crippen LogP contribution in [0.25, 0.3) is 11.3 Å². The molecule has 0 saturated carbocycles. The van der Waals surface area contributed by atoms with Crippen molar-refractivity contribution in [3.63, 3.8) is 0 Å². The molecular formula is C21H20FN3O6S. The van der Waals surface area contributed by atoms with Gasteiger partial charge in [-0.05, 0) is 30.3 Å². The van der Waals surface area contributed by atoms with Gasteiger partial charge in [0, 0.05) is 42.4 Å². The van der Waals surface area contributed by atoms with Crippen LogP contribution in [0.1, 0.15) is 21.7 Å². The van der Waals surface area contributed by atoms with Crippen molar-refractivity contribution in [1.82, 2.24) is 15.0 Å².